The first-order valence-electron chi connectivity index (χ1n) is 11.4. The summed E-state index contributed by atoms with van der Waals surface area (Å²) in [5.41, 5.74) is 0.307. The van der Waals surface area contributed by atoms with Gasteiger partial charge in [-0.15, -0.1) is 0 Å². The molecule has 4 heterocycles. The number of carbonyl (C=O) groups is 3. The first-order chi connectivity index (χ1) is 14.8. The summed E-state index contributed by atoms with van der Waals surface area (Å²) < 4.78 is 0. The maximum atomic E-state index is 13.0. The number of hydrogen-bond acceptors (Lipinski definition) is 6. The number of aromatic nitrogens is 1. The van der Waals surface area contributed by atoms with E-state index in [1.54, 1.807) is 12.1 Å². The summed E-state index contributed by atoms with van der Waals surface area (Å²) in [7, 11) is 0. The molecule has 2 N–H and O–H groups in total. The van der Waals surface area contributed by atoms with E-state index in [9.17, 15) is 19.5 Å². The van der Waals surface area contributed by atoms with E-state index in [1.165, 1.54) is 4.90 Å². The van der Waals surface area contributed by atoms with Gasteiger partial charge in [0.2, 0.25) is 11.8 Å². The zero-order chi connectivity index (χ0) is 22.4. The second-order valence-electron chi connectivity index (χ2n) is 9.06. The van der Waals surface area contributed by atoms with Crippen LogP contribution in [0.15, 0.2) is 12.1 Å². The van der Waals surface area contributed by atoms with Gasteiger partial charge in [0.15, 0.2) is 0 Å². The van der Waals surface area contributed by atoms with Gasteiger partial charge in [0.25, 0.3) is 5.91 Å². The van der Waals surface area contributed by atoms with Crippen molar-refractivity contribution in [3.8, 4) is 0 Å². The molecule has 4 rings (SSSR count). The number of pyridine rings is 1. The first kappa shape index (κ1) is 21.9. The van der Waals surface area contributed by atoms with Crippen molar-refractivity contribution in [3.63, 3.8) is 0 Å². The summed E-state index contributed by atoms with van der Waals surface area (Å²) in [5.74, 6) is -0.977. The molecule has 3 aliphatic rings. The molecule has 0 radical (unpaired) electrons. The largest absolute Gasteiger partial charge is 0.383 e. The molecule has 2 atom stereocenters. The first-order valence-corrected chi connectivity index (χ1v) is 11.4. The number of amides is 3. The summed E-state index contributed by atoms with van der Waals surface area (Å²) in [6.07, 6.45) is 2.80. The summed E-state index contributed by atoms with van der Waals surface area (Å²) in [6, 6.07) is 2.86. The Labute approximate surface area is 183 Å². The Kier molecular flexibility index (Phi) is 5.64. The van der Waals surface area contributed by atoms with Gasteiger partial charge in [0.05, 0.1) is 23.5 Å². The van der Waals surface area contributed by atoms with Gasteiger partial charge in [-0.05, 0) is 44.4 Å². The molecule has 168 valence electrons. The lowest BCUT2D eigenvalue weighted by molar-refractivity contribution is -0.149. The molecule has 0 aliphatic carbocycles. The van der Waals surface area contributed by atoms with E-state index >= 15 is 0 Å². The topological polar surface area (TPSA) is 103 Å². The molecule has 2 saturated heterocycles. The fourth-order valence-corrected chi connectivity index (χ4v) is 5.62. The van der Waals surface area contributed by atoms with Crippen LogP contribution in [0.5, 0.6) is 0 Å². The van der Waals surface area contributed by atoms with Crippen molar-refractivity contribution >= 4 is 17.7 Å². The van der Waals surface area contributed by atoms with Crippen molar-refractivity contribution in [1.29, 1.82) is 0 Å². The highest BCUT2D eigenvalue weighted by Gasteiger charge is 2.53. The lowest BCUT2D eigenvalue weighted by Gasteiger charge is -2.53. The molecule has 3 aliphatic heterocycles. The van der Waals surface area contributed by atoms with Gasteiger partial charge >= 0.3 is 0 Å². The number of fused-ring (bicyclic) bond motifs is 1. The Morgan fingerprint density at radius 2 is 1.94 bits per heavy atom. The Balaban J connectivity index is 1.65. The monoisotopic (exact) mass is 428 g/mol. The molecular weight excluding hydrogens is 396 g/mol. The lowest BCUT2D eigenvalue weighted by Crippen LogP contribution is -2.58. The number of piperidine rings is 2. The fourth-order valence-electron chi connectivity index (χ4n) is 5.62. The molecule has 1 aromatic rings. The zero-order valence-corrected chi connectivity index (χ0v) is 18.6. The van der Waals surface area contributed by atoms with Crippen LogP contribution in [0.25, 0.3) is 0 Å². The molecule has 3 amide bonds. The third-order valence-corrected chi connectivity index (χ3v) is 7.79. The zero-order valence-electron chi connectivity index (χ0n) is 18.6. The molecule has 0 aromatic carbocycles. The van der Waals surface area contributed by atoms with Crippen LogP contribution in [-0.2, 0) is 21.7 Å². The van der Waals surface area contributed by atoms with Gasteiger partial charge < -0.3 is 14.9 Å². The summed E-state index contributed by atoms with van der Waals surface area (Å²) in [4.78, 5) is 45.4. The number of nitrogens with one attached hydrogen (secondary N) is 1. The number of carbonyl (C=O) groups excluding carboxylic acids is 3. The molecule has 31 heavy (non-hydrogen) atoms. The van der Waals surface area contributed by atoms with Crippen molar-refractivity contribution in [3.05, 3.63) is 29.1 Å². The van der Waals surface area contributed by atoms with Crippen LogP contribution in [0.1, 0.15) is 74.6 Å². The van der Waals surface area contributed by atoms with E-state index in [-0.39, 0.29) is 30.2 Å². The van der Waals surface area contributed by atoms with Crippen molar-refractivity contribution in [2.75, 3.05) is 19.6 Å². The molecule has 8 nitrogen and oxygen atoms in total. The maximum Gasteiger partial charge on any atom is 0.256 e. The van der Waals surface area contributed by atoms with Crippen molar-refractivity contribution in [2.45, 2.75) is 71.1 Å². The SMILES string of the molecule is CCN1CCC(O)(c2ccc3c(n2)CN(C2CCC(=O)NC2=O)C3=O)C(CC)(CC)C1. The normalized spacial score (nSPS) is 28.6. The fraction of sp³-hybridized carbons (Fsp3) is 0.652. The van der Waals surface area contributed by atoms with Gasteiger partial charge in [-0.1, -0.05) is 20.8 Å². The second-order valence-corrected chi connectivity index (χ2v) is 9.06. The van der Waals surface area contributed by atoms with Gasteiger partial charge in [-0.3, -0.25) is 24.7 Å². The molecule has 1 aromatic heterocycles. The number of rotatable bonds is 5. The van der Waals surface area contributed by atoms with Crippen LogP contribution in [0.2, 0.25) is 0 Å². The summed E-state index contributed by atoms with van der Waals surface area (Å²) >= 11 is 0. The van der Waals surface area contributed by atoms with Crippen LogP contribution in [0, 0.1) is 5.41 Å². The summed E-state index contributed by atoms with van der Waals surface area (Å²) in [6.45, 7) is 9.16. The van der Waals surface area contributed by atoms with E-state index in [2.05, 4.69) is 31.0 Å². The molecular formula is C23H32N4O4. The number of aliphatic hydroxyl groups is 1. The number of likely N-dealkylation sites (tertiary alicyclic amines) is 1. The third kappa shape index (κ3) is 3.36. The van der Waals surface area contributed by atoms with E-state index in [4.69, 9.17) is 4.98 Å². The molecule has 2 unspecified atom stereocenters. The van der Waals surface area contributed by atoms with Gasteiger partial charge in [-0.25, -0.2) is 0 Å². The lowest BCUT2D eigenvalue weighted by atomic mass is 9.62. The van der Waals surface area contributed by atoms with E-state index < -0.39 is 17.6 Å². The Hall–Kier alpha value is -2.32. The minimum absolute atomic E-state index is 0.219. The van der Waals surface area contributed by atoms with Crippen molar-refractivity contribution < 1.29 is 19.5 Å². The minimum atomic E-state index is -1.07. The summed E-state index contributed by atoms with van der Waals surface area (Å²) in [5, 5.41) is 14.3. The number of imide groups is 1. The van der Waals surface area contributed by atoms with Crippen molar-refractivity contribution in [1.82, 2.24) is 20.1 Å². The average Bonchev–Trinajstić information content (AvgIpc) is 3.10. The van der Waals surface area contributed by atoms with Crippen LogP contribution < -0.4 is 5.32 Å². The van der Waals surface area contributed by atoms with Gasteiger partial charge in [-0.2, -0.15) is 0 Å². The predicted octanol–water partition coefficient (Wildman–Crippen LogP) is 1.56. The molecule has 0 saturated carbocycles. The predicted molar refractivity (Wildman–Crippen MR) is 114 cm³/mol. The van der Waals surface area contributed by atoms with Gasteiger partial charge in [0.1, 0.15) is 11.6 Å². The van der Waals surface area contributed by atoms with Crippen LogP contribution in [0.3, 0.4) is 0 Å². The highest BCUT2D eigenvalue weighted by molar-refractivity contribution is 6.05. The highest BCUT2D eigenvalue weighted by atomic mass is 16.3. The molecule has 8 heteroatoms. The highest BCUT2D eigenvalue weighted by Crippen LogP contribution is 2.50. The third-order valence-electron chi connectivity index (χ3n) is 7.79. The standard InChI is InChI=1S/C23H32N4O4/c1-4-22(5-2)14-26(6-3)12-11-23(22,31)18-9-7-15-16(24-18)13-27(21(15)30)17-8-10-19(28)25-20(17)29/h7,9,17,31H,4-6,8,10-14H2,1-3H3,(H,25,28,29). The van der Waals surface area contributed by atoms with Crippen LogP contribution in [0.4, 0.5) is 0 Å². The molecule has 0 bridgehead atoms. The van der Waals surface area contributed by atoms with Crippen LogP contribution >= 0.6 is 0 Å². The smallest absolute Gasteiger partial charge is 0.256 e. The molecule has 0 spiro atoms. The maximum absolute atomic E-state index is 13.0. The number of hydrogen-bond donors (Lipinski definition) is 2. The number of nitrogens with zero attached hydrogens (tertiary/aromatic N) is 3. The van der Waals surface area contributed by atoms with Crippen LogP contribution in [-0.4, -0.2) is 63.3 Å². The Bertz CT molecular complexity index is 913. The second kappa shape index (κ2) is 7.98. The molecule has 2 fully saturated rings. The quantitative estimate of drug-likeness (QED) is 0.690. The average molecular weight is 429 g/mol. The van der Waals surface area contributed by atoms with E-state index in [0.29, 0.717) is 29.8 Å². The van der Waals surface area contributed by atoms with E-state index in [1.807, 2.05) is 0 Å². The van der Waals surface area contributed by atoms with E-state index in [0.717, 1.165) is 32.5 Å². The Morgan fingerprint density at radius 3 is 2.58 bits per heavy atom. The van der Waals surface area contributed by atoms with Crippen molar-refractivity contribution in [2.24, 2.45) is 5.41 Å². The van der Waals surface area contributed by atoms with Gasteiger partial charge in [0, 0.05) is 24.9 Å². The minimum Gasteiger partial charge on any atom is -0.383 e. The Morgan fingerprint density at radius 1 is 1.19 bits per heavy atom.